The number of aromatic nitrogens is 4. The van der Waals surface area contributed by atoms with Crippen LogP contribution in [0.25, 0.3) is 50.2 Å². The molecule has 4 heterocycles. The van der Waals surface area contributed by atoms with Crippen LogP contribution in [-0.2, 0) is 12.6 Å². The fourth-order valence-corrected chi connectivity index (χ4v) is 6.66. The maximum Gasteiger partial charge on any atom is 0.220 e. The van der Waals surface area contributed by atoms with E-state index in [1.807, 2.05) is 0 Å². The standard InChI is InChI=1S/C32H31N4/c1-19(2)26-22(21-12-8-7-9-13-21)18-34(6)30-27-20(3)16-17-25-29(27)36(32(4,5)28(26)30)31-33-23-14-10-11-15-24(23)35(25)31/h7-19H,1-6H3/q+1. The number of aryl methyl sites for hydroxylation is 2. The number of benzene rings is 3. The van der Waals surface area contributed by atoms with E-state index >= 15 is 0 Å². The van der Waals surface area contributed by atoms with Crippen LogP contribution in [0, 0.1) is 6.92 Å². The number of hydrogen-bond acceptors (Lipinski definition) is 1. The molecule has 0 amide bonds. The number of para-hydroxylation sites is 2. The van der Waals surface area contributed by atoms with Crippen molar-refractivity contribution in [2.75, 3.05) is 0 Å². The minimum atomic E-state index is -0.303. The first-order chi connectivity index (χ1) is 17.3. The zero-order valence-corrected chi connectivity index (χ0v) is 21.8. The predicted molar refractivity (Wildman–Crippen MR) is 147 cm³/mol. The molecule has 7 rings (SSSR count). The van der Waals surface area contributed by atoms with Gasteiger partial charge in [-0.15, -0.1) is 0 Å². The lowest BCUT2D eigenvalue weighted by atomic mass is 9.76. The van der Waals surface area contributed by atoms with E-state index in [2.05, 4.69) is 128 Å². The fraction of sp³-hybridized carbons (Fsp3) is 0.250. The van der Waals surface area contributed by atoms with Gasteiger partial charge in [0, 0.05) is 5.56 Å². The maximum absolute atomic E-state index is 5.19. The van der Waals surface area contributed by atoms with E-state index < -0.39 is 0 Å². The summed E-state index contributed by atoms with van der Waals surface area (Å²) in [5.74, 6) is 1.37. The summed E-state index contributed by atoms with van der Waals surface area (Å²) in [6, 6.07) is 23.9. The SMILES string of the molecule is Cc1ccc2c3c1-c1c(c(C(C)C)c(-c4ccccc4)c[n+]1C)C(C)(C)n3c1nc3ccccc3n21. The van der Waals surface area contributed by atoms with Crippen LogP contribution >= 0.6 is 0 Å². The van der Waals surface area contributed by atoms with Crippen LogP contribution in [0.1, 0.15) is 50.3 Å². The zero-order chi connectivity index (χ0) is 24.9. The molecular formula is C32H31N4+. The van der Waals surface area contributed by atoms with Gasteiger partial charge in [0.1, 0.15) is 7.05 Å². The van der Waals surface area contributed by atoms with Gasteiger partial charge in [0.25, 0.3) is 0 Å². The Labute approximate surface area is 211 Å². The molecule has 0 saturated carbocycles. The third kappa shape index (κ3) is 2.54. The van der Waals surface area contributed by atoms with E-state index in [9.17, 15) is 0 Å². The number of nitrogens with zero attached hydrogens (tertiary/aromatic N) is 4. The second kappa shape index (κ2) is 7.07. The van der Waals surface area contributed by atoms with Gasteiger partial charge in [-0.3, -0.25) is 8.97 Å². The topological polar surface area (TPSA) is 26.1 Å². The molecule has 0 aliphatic carbocycles. The van der Waals surface area contributed by atoms with Crippen molar-refractivity contribution in [1.82, 2.24) is 14.0 Å². The van der Waals surface area contributed by atoms with Crippen molar-refractivity contribution in [3.8, 4) is 22.4 Å². The molecule has 36 heavy (non-hydrogen) atoms. The van der Waals surface area contributed by atoms with Gasteiger partial charge < -0.3 is 0 Å². The van der Waals surface area contributed by atoms with Crippen LogP contribution in [-0.4, -0.2) is 14.0 Å². The summed E-state index contributed by atoms with van der Waals surface area (Å²) >= 11 is 0. The Morgan fingerprint density at radius 3 is 2.36 bits per heavy atom. The summed E-state index contributed by atoms with van der Waals surface area (Å²) in [7, 11) is 2.21. The Bertz CT molecular complexity index is 1850. The van der Waals surface area contributed by atoms with Gasteiger partial charge in [0.05, 0.1) is 38.7 Å². The molecule has 3 aromatic carbocycles. The predicted octanol–water partition coefficient (Wildman–Crippen LogP) is 7.13. The summed E-state index contributed by atoms with van der Waals surface area (Å²) < 4.78 is 7.23. The third-order valence-corrected chi connectivity index (χ3v) is 8.11. The first kappa shape index (κ1) is 21.4. The molecule has 0 bridgehead atoms. The van der Waals surface area contributed by atoms with Crippen molar-refractivity contribution in [2.24, 2.45) is 7.05 Å². The van der Waals surface area contributed by atoms with E-state index in [0.717, 1.165) is 16.8 Å². The molecule has 0 fully saturated rings. The summed E-state index contributed by atoms with van der Waals surface area (Å²) in [6.45, 7) is 11.6. The minimum Gasteiger partial charge on any atom is -0.299 e. The highest BCUT2D eigenvalue weighted by Gasteiger charge is 2.44. The molecule has 0 unspecified atom stereocenters. The molecule has 0 spiro atoms. The number of hydrogen-bond donors (Lipinski definition) is 0. The molecule has 3 aromatic heterocycles. The molecule has 1 aliphatic heterocycles. The summed E-state index contributed by atoms with van der Waals surface area (Å²) in [5.41, 5.74) is 13.7. The van der Waals surface area contributed by atoms with Crippen LogP contribution in [0.15, 0.2) is 72.9 Å². The normalized spacial score (nSPS) is 14.3. The average molecular weight is 472 g/mol. The largest absolute Gasteiger partial charge is 0.299 e. The van der Waals surface area contributed by atoms with Gasteiger partial charge in [-0.05, 0) is 61.6 Å². The lowest BCUT2D eigenvalue weighted by Gasteiger charge is -2.36. The monoisotopic (exact) mass is 471 g/mol. The lowest BCUT2D eigenvalue weighted by Crippen LogP contribution is -2.42. The van der Waals surface area contributed by atoms with Crippen molar-refractivity contribution in [1.29, 1.82) is 0 Å². The second-order valence-corrected chi connectivity index (χ2v) is 11.1. The van der Waals surface area contributed by atoms with Crippen LogP contribution in [0.3, 0.4) is 0 Å². The molecule has 0 radical (unpaired) electrons. The van der Waals surface area contributed by atoms with Crippen LogP contribution < -0.4 is 4.57 Å². The van der Waals surface area contributed by atoms with Crippen LogP contribution in [0.4, 0.5) is 0 Å². The molecule has 178 valence electrons. The van der Waals surface area contributed by atoms with Gasteiger partial charge in [0.2, 0.25) is 11.5 Å². The van der Waals surface area contributed by atoms with Crippen molar-refractivity contribution >= 4 is 27.8 Å². The molecule has 0 N–H and O–H groups in total. The lowest BCUT2D eigenvalue weighted by molar-refractivity contribution is -0.660. The first-order valence-electron chi connectivity index (χ1n) is 12.8. The molecule has 1 aliphatic rings. The second-order valence-electron chi connectivity index (χ2n) is 11.1. The number of imidazole rings is 2. The Morgan fingerprint density at radius 1 is 0.889 bits per heavy atom. The summed E-state index contributed by atoms with van der Waals surface area (Å²) in [5, 5.41) is 0. The Morgan fingerprint density at radius 2 is 1.61 bits per heavy atom. The number of rotatable bonds is 2. The highest BCUT2D eigenvalue weighted by molar-refractivity contribution is 6.01. The van der Waals surface area contributed by atoms with Gasteiger partial charge in [-0.25, -0.2) is 9.55 Å². The van der Waals surface area contributed by atoms with E-state index in [0.29, 0.717) is 5.92 Å². The Hall–Kier alpha value is -3.92. The number of pyridine rings is 1. The molecule has 4 nitrogen and oxygen atoms in total. The minimum absolute atomic E-state index is 0.303. The zero-order valence-electron chi connectivity index (χ0n) is 21.8. The van der Waals surface area contributed by atoms with E-state index in [4.69, 9.17) is 4.98 Å². The van der Waals surface area contributed by atoms with E-state index in [1.54, 1.807) is 0 Å². The van der Waals surface area contributed by atoms with Gasteiger partial charge in [-0.2, -0.15) is 0 Å². The molecule has 4 heteroatoms. The van der Waals surface area contributed by atoms with Gasteiger partial charge in [-0.1, -0.05) is 62.4 Å². The quantitative estimate of drug-likeness (QED) is 0.247. The van der Waals surface area contributed by atoms with E-state index in [1.165, 1.54) is 50.1 Å². The van der Waals surface area contributed by atoms with E-state index in [-0.39, 0.29) is 5.54 Å². The Kier molecular flexibility index (Phi) is 4.20. The third-order valence-electron chi connectivity index (χ3n) is 8.11. The first-order valence-corrected chi connectivity index (χ1v) is 12.8. The van der Waals surface area contributed by atoms with Crippen molar-refractivity contribution in [3.05, 3.63) is 89.6 Å². The van der Waals surface area contributed by atoms with Crippen molar-refractivity contribution in [2.45, 2.75) is 46.1 Å². The summed E-state index contributed by atoms with van der Waals surface area (Å²) in [4.78, 5) is 5.19. The highest BCUT2D eigenvalue weighted by atomic mass is 15.2. The van der Waals surface area contributed by atoms with Gasteiger partial charge in [0.15, 0.2) is 6.20 Å². The maximum atomic E-state index is 5.19. The molecule has 6 aromatic rings. The smallest absolute Gasteiger partial charge is 0.220 e. The fourth-order valence-electron chi connectivity index (χ4n) is 6.66. The van der Waals surface area contributed by atoms with Crippen LogP contribution in [0.2, 0.25) is 0 Å². The number of fused-ring (bicyclic) bond motifs is 7. The van der Waals surface area contributed by atoms with Crippen LogP contribution in [0.5, 0.6) is 0 Å². The van der Waals surface area contributed by atoms with Crippen molar-refractivity contribution < 1.29 is 4.57 Å². The Balaban J connectivity index is 1.73. The molecule has 0 saturated heterocycles. The van der Waals surface area contributed by atoms with Gasteiger partial charge >= 0.3 is 0 Å². The molecule has 0 atom stereocenters. The van der Waals surface area contributed by atoms with Crippen molar-refractivity contribution in [3.63, 3.8) is 0 Å². The summed E-state index contributed by atoms with van der Waals surface area (Å²) in [6.07, 6.45) is 2.34. The highest BCUT2D eigenvalue weighted by Crippen LogP contribution is 2.50. The molecular weight excluding hydrogens is 440 g/mol. The average Bonchev–Trinajstić information content (AvgIpc) is 3.38.